The van der Waals surface area contributed by atoms with Crippen molar-refractivity contribution in [2.45, 2.75) is 44.7 Å². The van der Waals surface area contributed by atoms with Crippen LogP contribution in [0.2, 0.25) is 5.02 Å². The molecule has 1 aliphatic heterocycles. The van der Waals surface area contributed by atoms with E-state index in [-0.39, 0.29) is 11.9 Å². The number of hydrogen-bond acceptors (Lipinski definition) is 2. The van der Waals surface area contributed by atoms with Crippen LogP contribution in [0.4, 0.5) is 4.39 Å². The van der Waals surface area contributed by atoms with E-state index < -0.39 is 11.9 Å². The van der Waals surface area contributed by atoms with Gasteiger partial charge in [0.1, 0.15) is 5.82 Å². The number of hydrogen-bond donors (Lipinski definition) is 1. The smallest absolute Gasteiger partial charge is 0.223 e. The second-order valence-corrected chi connectivity index (χ2v) is 5.69. The van der Waals surface area contributed by atoms with Crippen LogP contribution in [0.3, 0.4) is 0 Å². The normalized spacial score (nSPS) is 23.8. The fraction of sp³-hybridized carbons (Fsp3) is 0.533. The Kier molecular flexibility index (Phi) is 5.00. The van der Waals surface area contributed by atoms with Gasteiger partial charge in [-0.15, -0.1) is 0 Å². The third-order valence-corrected chi connectivity index (χ3v) is 3.97. The molecule has 0 radical (unpaired) electrons. The second kappa shape index (κ2) is 6.55. The molecule has 1 heterocycles. The van der Waals surface area contributed by atoms with Crippen molar-refractivity contribution < 1.29 is 9.18 Å². The summed E-state index contributed by atoms with van der Waals surface area (Å²) in [4.78, 5) is 14.0. The van der Waals surface area contributed by atoms with Gasteiger partial charge in [0.2, 0.25) is 5.91 Å². The van der Waals surface area contributed by atoms with Gasteiger partial charge in [-0.2, -0.15) is 0 Å². The molecule has 2 atom stereocenters. The molecule has 1 aromatic carbocycles. The van der Waals surface area contributed by atoms with E-state index >= 15 is 0 Å². The van der Waals surface area contributed by atoms with Crippen LogP contribution in [-0.4, -0.2) is 23.4 Å². The lowest BCUT2D eigenvalue weighted by atomic mass is 9.95. The van der Waals surface area contributed by atoms with Crippen LogP contribution >= 0.6 is 11.6 Å². The molecule has 1 amide bonds. The summed E-state index contributed by atoms with van der Waals surface area (Å²) in [5, 5.41) is 0.349. The number of likely N-dealkylation sites (tertiary alicyclic amines) is 1. The molecule has 20 heavy (non-hydrogen) atoms. The summed E-state index contributed by atoms with van der Waals surface area (Å²) in [6.07, 6.45) is 2.79. The highest BCUT2D eigenvalue weighted by Gasteiger charge is 2.33. The molecule has 1 aromatic rings. The quantitative estimate of drug-likeness (QED) is 0.931. The average molecular weight is 299 g/mol. The summed E-state index contributed by atoms with van der Waals surface area (Å²) in [6.45, 7) is 2.60. The first kappa shape index (κ1) is 15.3. The van der Waals surface area contributed by atoms with Crippen LogP contribution in [0.1, 0.15) is 44.2 Å². The van der Waals surface area contributed by atoms with Crippen LogP contribution in [0.15, 0.2) is 18.2 Å². The molecule has 110 valence electrons. The molecular weight excluding hydrogens is 279 g/mol. The van der Waals surface area contributed by atoms with Gasteiger partial charge in [0.15, 0.2) is 0 Å². The largest absolute Gasteiger partial charge is 0.334 e. The molecule has 1 saturated heterocycles. The van der Waals surface area contributed by atoms with Gasteiger partial charge in [0.25, 0.3) is 0 Å². The monoisotopic (exact) mass is 298 g/mol. The second-order valence-electron chi connectivity index (χ2n) is 5.25. The van der Waals surface area contributed by atoms with Gasteiger partial charge in [0, 0.05) is 29.6 Å². The number of carbonyl (C=O) groups is 1. The fourth-order valence-corrected chi connectivity index (χ4v) is 2.98. The molecule has 0 saturated carbocycles. The van der Waals surface area contributed by atoms with Gasteiger partial charge < -0.3 is 10.6 Å². The zero-order chi connectivity index (χ0) is 14.7. The van der Waals surface area contributed by atoms with E-state index in [4.69, 9.17) is 17.3 Å². The summed E-state index contributed by atoms with van der Waals surface area (Å²) in [6, 6.07) is 3.92. The van der Waals surface area contributed by atoms with Gasteiger partial charge in [0.05, 0.1) is 6.04 Å². The zero-order valence-electron chi connectivity index (χ0n) is 11.6. The Bertz CT molecular complexity index is 495. The average Bonchev–Trinajstić information content (AvgIpc) is 2.52. The van der Waals surface area contributed by atoms with Crippen LogP contribution in [-0.2, 0) is 4.79 Å². The zero-order valence-corrected chi connectivity index (χ0v) is 12.4. The van der Waals surface area contributed by atoms with Crippen molar-refractivity contribution in [1.29, 1.82) is 0 Å². The van der Waals surface area contributed by atoms with Crippen molar-refractivity contribution in [1.82, 2.24) is 4.90 Å². The number of halogens is 2. The number of nitrogens with zero attached hydrogens (tertiary/aromatic N) is 1. The summed E-state index contributed by atoms with van der Waals surface area (Å²) in [7, 11) is 0. The predicted molar refractivity (Wildman–Crippen MR) is 78.0 cm³/mol. The maximum Gasteiger partial charge on any atom is 0.223 e. The van der Waals surface area contributed by atoms with Crippen molar-refractivity contribution in [3.05, 3.63) is 34.6 Å². The van der Waals surface area contributed by atoms with Crippen molar-refractivity contribution in [2.75, 3.05) is 6.54 Å². The number of rotatable bonds is 3. The lowest BCUT2D eigenvalue weighted by molar-refractivity contribution is -0.133. The van der Waals surface area contributed by atoms with E-state index in [1.165, 1.54) is 6.07 Å². The molecule has 3 nitrogen and oxygen atoms in total. The van der Waals surface area contributed by atoms with Crippen molar-refractivity contribution >= 4 is 17.5 Å². The van der Waals surface area contributed by atoms with Crippen molar-refractivity contribution in [3.63, 3.8) is 0 Å². The third-order valence-electron chi connectivity index (χ3n) is 3.74. The molecule has 0 aromatic heterocycles. The van der Waals surface area contributed by atoms with E-state index in [2.05, 4.69) is 0 Å². The first-order valence-corrected chi connectivity index (χ1v) is 7.42. The highest BCUT2D eigenvalue weighted by atomic mass is 35.5. The van der Waals surface area contributed by atoms with Gasteiger partial charge in [-0.05, 0) is 31.4 Å². The molecular formula is C15H20ClFN2O. The van der Waals surface area contributed by atoms with E-state index in [1.807, 2.05) is 6.92 Å². The highest BCUT2D eigenvalue weighted by Crippen LogP contribution is 2.32. The molecule has 1 fully saturated rings. The molecule has 5 heteroatoms. The Morgan fingerprint density at radius 1 is 1.50 bits per heavy atom. The number of carbonyl (C=O) groups excluding carboxylic acids is 1. The first-order chi connectivity index (χ1) is 9.54. The number of benzene rings is 1. The Balaban J connectivity index is 2.42. The van der Waals surface area contributed by atoms with Gasteiger partial charge in [-0.3, -0.25) is 4.79 Å². The van der Waals surface area contributed by atoms with Crippen LogP contribution in [0.25, 0.3) is 0 Å². The lowest BCUT2D eigenvalue weighted by Crippen LogP contribution is -2.43. The fourth-order valence-electron chi connectivity index (χ4n) is 2.82. The number of amides is 1. The Labute approximate surface area is 123 Å². The molecule has 0 aliphatic carbocycles. The highest BCUT2D eigenvalue weighted by molar-refractivity contribution is 6.30. The molecule has 0 spiro atoms. The Morgan fingerprint density at radius 3 is 2.90 bits per heavy atom. The molecule has 0 bridgehead atoms. The standard InChI is InChI=1S/C15H20ClFN2O/c1-2-8-19-14(20)5-3-4-13(18)15(19)11-7-6-10(16)9-12(11)17/h6-7,9,13,15H,2-5,8,18H2,1H3. The first-order valence-electron chi connectivity index (χ1n) is 7.04. The summed E-state index contributed by atoms with van der Waals surface area (Å²) in [5.41, 5.74) is 6.67. The maximum atomic E-state index is 14.2. The van der Waals surface area contributed by atoms with Crippen molar-refractivity contribution in [2.24, 2.45) is 5.73 Å². The van der Waals surface area contributed by atoms with Crippen LogP contribution in [0, 0.1) is 5.82 Å². The van der Waals surface area contributed by atoms with Gasteiger partial charge in [-0.25, -0.2) is 4.39 Å². The lowest BCUT2D eigenvalue weighted by Gasteiger charge is -2.34. The summed E-state index contributed by atoms with van der Waals surface area (Å²) < 4.78 is 14.2. The van der Waals surface area contributed by atoms with E-state index in [9.17, 15) is 9.18 Å². The summed E-state index contributed by atoms with van der Waals surface area (Å²) in [5.74, 6) is -0.340. The minimum Gasteiger partial charge on any atom is -0.334 e. The Morgan fingerprint density at radius 2 is 2.25 bits per heavy atom. The van der Waals surface area contributed by atoms with E-state index in [0.29, 0.717) is 23.6 Å². The third kappa shape index (κ3) is 3.13. The molecule has 2 rings (SSSR count). The van der Waals surface area contributed by atoms with Crippen LogP contribution < -0.4 is 5.73 Å². The minimum atomic E-state index is -0.401. The minimum absolute atomic E-state index is 0.0548. The maximum absolute atomic E-state index is 14.2. The SMILES string of the molecule is CCCN1C(=O)CCCC(N)C1c1ccc(Cl)cc1F. The van der Waals surface area contributed by atoms with Gasteiger partial charge in [-0.1, -0.05) is 24.6 Å². The number of nitrogens with two attached hydrogens (primary N) is 1. The molecule has 2 N–H and O–H groups in total. The molecule has 1 aliphatic rings. The summed E-state index contributed by atoms with van der Waals surface area (Å²) >= 11 is 5.80. The topological polar surface area (TPSA) is 46.3 Å². The molecule has 2 unspecified atom stereocenters. The van der Waals surface area contributed by atoms with E-state index in [0.717, 1.165) is 19.3 Å². The van der Waals surface area contributed by atoms with Crippen LogP contribution in [0.5, 0.6) is 0 Å². The Hall–Kier alpha value is -1.13. The van der Waals surface area contributed by atoms with E-state index in [1.54, 1.807) is 17.0 Å². The predicted octanol–water partition coefficient (Wildman–Crippen LogP) is 3.27. The van der Waals surface area contributed by atoms with Crippen molar-refractivity contribution in [3.8, 4) is 0 Å². The van der Waals surface area contributed by atoms with Gasteiger partial charge >= 0.3 is 0 Å².